The fourth-order valence-corrected chi connectivity index (χ4v) is 3.16. The quantitative estimate of drug-likeness (QED) is 0.298. The molecule has 0 amide bonds. The van der Waals surface area contributed by atoms with Crippen LogP contribution < -0.4 is 15.1 Å². The molecule has 28 heavy (non-hydrogen) atoms. The van der Waals surface area contributed by atoms with Gasteiger partial charge in [0.2, 0.25) is 0 Å². The number of ether oxygens (including phenoxy) is 2. The monoisotopic (exact) mass is 374 g/mol. The molecule has 4 aromatic rings. The van der Waals surface area contributed by atoms with Gasteiger partial charge in [-0.15, -0.1) is 0 Å². The maximum atomic E-state index is 12.2. The van der Waals surface area contributed by atoms with Crippen LogP contribution in [0, 0.1) is 13.8 Å². The van der Waals surface area contributed by atoms with Crippen molar-refractivity contribution in [3.63, 3.8) is 0 Å². The predicted molar refractivity (Wildman–Crippen MR) is 107 cm³/mol. The van der Waals surface area contributed by atoms with E-state index in [9.17, 15) is 9.59 Å². The molecule has 0 saturated heterocycles. The van der Waals surface area contributed by atoms with E-state index < -0.39 is 11.6 Å². The summed E-state index contributed by atoms with van der Waals surface area (Å²) in [6, 6.07) is 18.4. The van der Waals surface area contributed by atoms with Gasteiger partial charge < -0.3 is 13.9 Å². The molecule has 0 spiro atoms. The predicted octanol–water partition coefficient (Wildman–Crippen LogP) is 4.55. The number of hydrogen-bond acceptors (Lipinski definition) is 5. The van der Waals surface area contributed by atoms with Gasteiger partial charge in [0.05, 0.1) is 0 Å². The van der Waals surface area contributed by atoms with Crippen LogP contribution in [0.3, 0.4) is 0 Å². The Morgan fingerprint density at radius 3 is 2.57 bits per heavy atom. The number of aryl methyl sites for hydroxylation is 2. The summed E-state index contributed by atoms with van der Waals surface area (Å²) in [6.45, 7) is 3.35. The lowest BCUT2D eigenvalue weighted by Gasteiger charge is -2.11. The largest absolute Gasteiger partial charge is 0.482 e. The Kier molecular flexibility index (Phi) is 4.57. The Morgan fingerprint density at radius 2 is 1.75 bits per heavy atom. The lowest BCUT2D eigenvalue weighted by molar-refractivity contribution is -0.136. The Morgan fingerprint density at radius 1 is 0.964 bits per heavy atom. The average Bonchev–Trinajstić information content (AvgIpc) is 2.68. The van der Waals surface area contributed by atoms with Gasteiger partial charge in [-0.2, -0.15) is 0 Å². The Hall–Kier alpha value is -3.60. The van der Waals surface area contributed by atoms with Crippen LogP contribution in [0.2, 0.25) is 0 Å². The first-order valence-corrected chi connectivity index (χ1v) is 8.87. The Balaban J connectivity index is 1.50. The van der Waals surface area contributed by atoms with E-state index in [0.717, 1.165) is 21.7 Å². The second-order valence-electron chi connectivity index (χ2n) is 6.59. The molecule has 0 saturated carbocycles. The third kappa shape index (κ3) is 3.47. The zero-order valence-corrected chi connectivity index (χ0v) is 15.5. The first-order valence-electron chi connectivity index (χ1n) is 8.87. The van der Waals surface area contributed by atoms with Crippen molar-refractivity contribution in [1.82, 2.24) is 0 Å². The van der Waals surface area contributed by atoms with Crippen LogP contribution in [0.5, 0.6) is 11.5 Å². The first-order chi connectivity index (χ1) is 13.5. The molecule has 1 aromatic heterocycles. The Bertz CT molecular complexity index is 1250. The van der Waals surface area contributed by atoms with Crippen molar-refractivity contribution >= 4 is 27.7 Å². The highest BCUT2D eigenvalue weighted by Gasteiger charge is 2.13. The van der Waals surface area contributed by atoms with E-state index >= 15 is 0 Å². The van der Waals surface area contributed by atoms with Crippen LogP contribution in [-0.2, 0) is 4.79 Å². The molecule has 140 valence electrons. The molecule has 0 fully saturated rings. The minimum atomic E-state index is -0.536. The van der Waals surface area contributed by atoms with Crippen molar-refractivity contribution in [1.29, 1.82) is 0 Å². The standard InChI is InChI=1S/C23H18O5/c1-14-11-21(24)28-23-15(2)20(10-9-19(14)23)27-22(25)13-26-18-8-7-16-5-3-4-6-17(16)12-18/h3-12H,13H2,1-2H3. The van der Waals surface area contributed by atoms with Crippen molar-refractivity contribution in [3.8, 4) is 11.5 Å². The molecular weight excluding hydrogens is 356 g/mol. The van der Waals surface area contributed by atoms with Gasteiger partial charge in [-0.05, 0) is 54.4 Å². The molecular formula is C23H18O5. The maximum absolute atomic E-state index is 12.2. The highest BCUT2D eigenvalue weighted by Crippen LogP contribution is 2.28. The molecule has 5 nitrogen and oxygen atoms in total. The van der Waals surface area contributed by atoms with Gasteiger partial charge in [-0.25, -0.2) is 9.59 Å². The van der Waals surface area contributed by atoms with E-state index in [1.807, 2.05) is 49.4 Å². The normalized spacial score (nSPS) is 10.9. The smallest absolute Gasteiger partial charge is 0.349 e. The molecule has 0 radical (unpaired) electrons. The van der Waals surface area contributed by atoms with Gasteiger partial charge in [0.15, 0.2) is 6.61 Å². The lowest BCUT2D eigenvalue weighted by atomic mass is 10.1. The van der Waals surface area contributed by atoms with E-state index in [1.165, 1.54) is 6.07 Å². The van der Waals surface area contributed by atoms with Crippen molar-refractivity contribution in [2.45, 2.75) is 13.8 Å². The molecule has 0 unspecified atom stereocenters. The van der Waals surface area contributed by atoms with Crippen LogP contribution in [0.15, 0.2) is 69.9 Å². The van der Waals surface area contributed by atoms with E-state index in [4.69, 9.17) is 13.9 Å². The molecule has 5 heteroatoms. The van der Waals surface area contributed by atoms with Crippen molar-refractivity contribution in [2.75, 3.05) is 6.61 Å². The van der Waals surface area contributed by atoms with Gasteiger partial charge >= 0.3 is 11.6 Å². The van der Waals surface area contributed by atoms with Crippen molar-refractivity contribution in [3.05, 3.63) is 82.2 Å². The zero-order valence-electron chi connectivity index (χ0n) is 15.5. The van der Waals surface area contributed by atoms with E-state index in [0.29, 0.717) is 22.6 Å². The Labute approximate surface area is 161 Å². The number of benzene rings is 3. The first kappa shape index (κ1) is 17.8. The van der Waals surface area contributed by atoms with E-state index in [2.05, 4.69) is 0 Å². The second kappa shape index (κ2) is 7.19. The third-order valence-electron chi connectivity index (χ3n) is 4.62. The third-order valence-corrected chi connectivity index (χ3v) is 4.62. The summed E-state index contributed by atoms with van der Waals surface area (Å²) < 4.78 is 16.3. The summed E-state index contributed by atoms with van der Waals surface area (Å²) in [7, 11) is 0. The van der Waals surface area contributed by atoms with Gasteiger partial charge in [0.1, 0.15) is 17.1 Å². The van der Waals surface area contributed by atoms with Crippen LogP contribution in [0.1, 0.15) is 11.1 Å². The fourth-order valence-electron chi connectivity index (χ4n) is 3.16. The summed E-state index contributed by atoms with van der Waals surface area (Å²) in [6.07, 6.45) is 0. The summed E-state index contributed by atoms with van der Waals surface area (Å²) in [4.78, 5) is 23.9. The van der Waals surface area contributed by atoms with Crippen LogP contribution in [0.25, 0.3) is 21.7 Å². The van der Waals surface area contributed by atoms with Crippen LogP contribution >= 0.6 is 0 Å². The number of hydrogen-bond donors (Lipinski definition) is 0. The number of carbonyl (C=O) groups excluding carboxylic acids is 1. The van der Waals surface area contributed by atoms with E-state index in [1.54, 1.807) is 19.1 Å². The van der Waals surface area contributed by atoms with E-state index in [-0.39, 0.29) is 6.61 Å². The number of carbonyl (C=O) groups is 1. The molecule has 0 N–H and O–H groups in total. The molecule has 0 atom stereocenters. The molecule has 0 aliphatic rings. The summed E-state index contributed by atoms with van der Waals surface area (Å²) in [5.74, 6) is 0.395. The number of rotatable bonds is 4. The average molecular weight is 374 g/mol. The van der Waals surface area contributed by atoms with Crippen molar-refractivity contribution in [2.24, 2.45) is 0 Å². The summed E-state index contributed by atoms with van der Waals surface area (Å²) in [5, 5.41) is 2.94. The van der Waals surface area contributed by atoms with Crippen LogP contribution in [-0.4, -0.2) is 12.6 Å². The molecule has 0 bridgehead atoms. The maximum Gasteiger partial charge on any atom is 0.349 e. The minimum absolute atomic E-state index is 0.229. The molecule has 3 aromatic carbocycles. The topological polar surface area (TPSA) is 65.7 Å². The number of fused-ring (bicyclic) bond motifs is 2. The molecule has 0 aliphatic carbocycles. The SMILES string of the molecule is Cc1cc(=O)oc2c(C)c(OC(=O)COc3ccc4ccccc4c3)ccc12. The van der Waals surface area contributed by atoms with Gasteiger partial charge in [0, 0.05) is 17.0 Å². The molecule has 4 rings (SSSR count). The fraction of sp³-hybridized carbons (Fsp3) is 0.130. The summed E-state index contributed by atoms with van der Waals surface area (Å²) >= 11 is 0. The van der Waals surface area contributed by atoms with Gasteiger partial charge in [-0.1, -0.05) is 30.3 Å². The summed E-state index contributed by atoms with van der Waals surface area (Å²) in [5.41, 5.74) is 1.39. The van der Waals surface area contributed by atoms with Crippen LogP contribution in [0.4, 0.5) is 0 Å². The van der Waals surface area contributed by atoms with Crippen molar-refractivity contribution < 1.29 is 18.7 Å². The zero-order chi connectivity index (χ0) is 19.7. The lowest BCUT2D eigenvalue weighted by Crippen LogP contribution is -2.18. The van der Waals surface area contributed by atoms with Gasteiger partial charge in [0.25, 0.3) is 0 Å². The second-order valence-corrected chi connectivity index (χ2v) is 6.59. The highest BCUT2D eigenvalue weighted by atomic mass is 16.6. The number of esters is 1. The highest BCUT2D eigenvalue weighted by molar-refractivity contribution is 5.86. The molecule has 0 aliphatic heterocycles. The molecule has 1 heterocycles. The minimum Gasteiger partial charge on any atom is -0.482 e. The van der Waals surface area contributed by atoms with Gasteiger partial charge in [-0.3, -0.25) is 0 Å².